The fourth-order valence-corrected chi connectivity index (χ4v) is 18.2. The van der Waals surface area contributed by atoms with Crippen molar-refractivity contribution >= 4 is 6.08 Å². The molecule has 28 heavy (non-hydrogen) atoms. The Morgan fingerprint density at radius 2 is 1.29 bits per heavy atom. The van der Waals surface area contributed by atoms with E-state index in [-0.39, 0.29) is 6.25 Å². The van der Waals surface area contributed by atoms with Gasteiger partial charge in [0.2, 0.25) is 0 Å². The number of rotatable bonds is 2. The Hall–Kier alpha value is -0.677. The van der Waals surface area contributed by atoms with Crippen LogP contribution in [0.25, 0.3) is 6.08 Å². The number of hydrogen-bond acceptors (Lipinski definition) is 0. The number of allylic oxidation sites excluding steroid dienone is 5. The Morgan fingerprint density at radius 3 is 1.82 bits per heavy atom. The molecule has 0 aromatic heterocycles. The monoisotopic (exact) mass is 452 g/mol. The van der Waals surface area contributed by atoms with Gasteiger partial charge in [-0.05, 0) is 0 Å². The molecule has 0 radical (unpaired) electrons. The summed E-state index contributed by atoms with van der Waals surface area (Å²) in [5.41, 5.74) is 13.2. The fraction of sp³-hybridized carbons (Fsp3) is 0.556. The third kappa shape index (κ3) is 2.38. The van der Waals surface area contributed by atoms with E-state index in [0.717, 1.165) is 0 Å². The average molecular weight is 454 g/mol. The van der Waals surface area contributed by atoms with Crippen molar-refractivity contribution in [1.82, 2.24) is 0 Å². The molecule has 0 amide bonds. The van der Waals surface area contributed by atoms with Gasteiger partial charge in [-0.15, -0.1) is 0 Å². The molecule has 150 valence electrons. The molecule has 0 saturated heterocycles. The molecule has 0 fully saturated rings. The van der Waals surface area contributed by atoms with Crippen LogP contribution in [0.1, 0.15) is 77.6 Å². The molecule has 1 aromatic carbocycles. The molecule has 0 nitrogen and oxygen atoms in total. The molecule has 1 unspecified atom stereocenters. The Bertz CT molecular complexity index is 956. The fourth-order valence-electron chi connectivity index (χ4n) is 6.66. The molecule has 3 aliphatic rings. The zero-order valence-corrected chi connectivity index (χ0v) is 22.2. The van der Waals surface area contributed by atoms with Gasteiger partial charge in [0, 0.05) is 0 Å². The molecule has 4 rings (SSSR count). The van der Waals surface area contributed by atoms with Crippen molar-refractivity contribution < 1.29 is 20.3 Å². The third-order valence-corrected chi connectivity index (χ3v) is 25.0. The van der Waals surface area contributed by atoms with Crippen molar-refractivity contribution in [3.8, 4) is 0 Å². The van der Waals surface area contributed by atoms with Crippen LogP contribution in [0.5, 0.6) is 0 Å². The first-order valence-corrected chi connectivity index (χ1v) is 18.4. The van der Waals surface area contributed by atoms with Crippen molar-refractivity contribution in [3.05, 3.63) is 62.8 Å². The van der Waals surface area contributed by atoms with Crippen molar-refractivity contribution in [2.45, 2.75) is 83.7 Å². The number of fused-ring (bicyclic) bond motifs is 2. The minimum atomic E-state index is -2.78. The summed E-state index contributed by atoms with van der Waals surface area (Å²) in [7, 11) is 0. The standard InChI is InChI=1S/C15H17.C10H15.2CH3.Zr/c1-10-4-5-11-6-12-8-15(2,3)9-13(12)7-14(10)11;1-6-7(2)9(4)10(5)8(6)3;;;/h4-7H,8-9H2,1-3H3;1-5H3;2*1H3;. The zero-order valence-electron chi connectivity index (χ0n) is 19.7. The molecule has 1 heteroatoms. The first kappa shape index (κ1) is 20.6. The molecular weight excluding hydrogens is 416 g/mol. The van der Waals surface area contributed by atoms with Gasteiger partial charge in [-0.1, -0.05) is 0 Å². The summed E-state index contributed by atoms with van der Waals surface area (Å²) in [5, 5.41) is 0. The van der Waals surface area contributed by atoms with Gasteiger partial charge >= 0.3 is 178 Å². The van der Waals surface area contributed by atoms with Crippen LogP contribution in [0.3, 0.4) is 0 Å². The summed E-state index contributed by atoms with van der Waals surface area (Å²) >= 11 is -2.78. The summed E-state index contributed by atoms with van der Waals surface area (Å²) in [6, 6.07) is 5.15. The molecular formula is C27H38Zr. The summed E-state index contributed by atoms with van der Waals surface area (Å²) < 4.78 is 5.93. The van der Waals surface area contributed by atoms with E-state index in [4.69, 9.17) is 0 Å². The van der Waals surface area contributed by atoms with E-state index in [1.54, 1.807) is 39.0 Å². The zero-order chi connectivity index (χ0) is 20.9. The van der Waals surface area contributed by atoms with E-state index in [1.807, 2.05) is 0 Å². The van der Waals surface area contributed by atoms with Gasteiger partial charge in [0.25, 0.3) is 0 Å². The number of hydrogen-bond donors (Lipinski definition) is 0. The van der Waals surface area contributed by atoms with E-state index in [2.05, 4.69) is 88.9 Å². The van der Waals surface area contributed by atoms with Crippen LogP contribution >= 0.6 is 0 Å². The molecule has 3 aliphatic carbocycles. The Balaban J connectivity index is 1.88. The van der Waals surface area contributed by atoms with Crippen LogP contribution in [0.2, 0.25) is 12.4 Å². The molecule has 0 bridgehead atoms. The quantitative estimate of drug-likeness (QED) is 0.423. The SMILES string of the molecule is CC1=C(C)[C](C)([Zr]([CH3])([CH3])[C]2(C)C=Cc3cc4c(cc32)CC(C)(C)C4)C(C)=C1C. The predicted molar refractivity (Wildman–Crippen MR) is 121 cm³/mol. The van der Waals surface area contributed by atoms with Crippen molar-refractivity contribution in [2.24, 2.45) is 5.41 Å². The van der Waals surface area contributed by atoms with E-state index >= 15 is 0 Å². The van der Waals surface area contributed by atoms with Gasteiger partial charge in [0.05, 0.1) is 0 Å². The van der Waals surface area contributed by atoms with Gasteiger partial charge in [-0.2, -0.15) is 0 Å². The Kier molecular flexibility index (Phi) is 4.37. The third-order valence-electron chi connectivity index (χ3n) is 9.60. The van der Waals surface area contributed by atoms with Gasteiger partial charge in [0.15, 0.2) is 0 Å². The first-order valence-electron chi connectivity index (χ1n) is 11.0. The minimum absolute atomic E-state index is 0.230. The first-order chi connectivity index (χ1) is 12.8. The summed E-state index contributed by atoms with van der Waals surface area (Å²) in [4.78, 5) is 0. The van der Waals surface area contributed by atoms with Gasteiger partial charge < -0.3 is 0 Å². The molecule has 0 heterocycles. The summed E-state index contributed by atoms with van der Waals surface area (Å²) in [5.74, 6) is 0. The van der Waals surface area contributed by atoms with Crippen LogP contribution in [0.4, 0.5) is 0 Å². The van der Waals surface area contributed by atoms with Gasteiger partial charge in [-0.3, -0.25) is 0 Å². The Morgan fingerprint density at radius 1 is 0.786 bits per heavy atom. The van der Waals surface area contributed by atoms with E-state index < -0.39 is 20.3 Å². The molecule has 0 aliphatic heterocycles. The summed E-state index contributed by atoms with van der Waals surface area (Å²) in [6.45, 7) is 19.5. The molecule has 0 saturated carbocycles. The average Bonchev–Trinajstić information content (AvgIpc) is 3.15. The van der Waals surface area contributed by atoms with Crippen molar-refractivity contribution in [1.29, 1.82) is 0 Å². The molecule has 0 spiro atoms. The second-order valence-corrected chi connectivity index (χ2v) is 24.5. The number of benzene rings is 1. The summed E-state index contributed by atoms with van der Waals surface area (Å²) in [6.07, 6.45) is 7.51. The van der Waals surface area contributed by atoms with E-state index in [9.17, 15) is 0 Å². The van der Waals surface area contributed by atoms with Gasteiger partial charge in [0.1, 0.15) is 0 Å². The molecule has 1 aromatic rings. The van der Waals surface area contributed by atoms with Crippen LogP contribution in [0.15, 0.2) is 40.5 Å². The van der Waals surface area contributed by atoms with Crippen molar-refractivity contribution in [2.75, 3.05) is 0 Å². The van der Waals surface area contributed by atoms with Crippen LogP contribution in [-0.2, 0) is 36.2 Å². The maximum atomic E-state index is 2.71. The van der Waals surface area contributed by atoms with Gasteiger partial charge in [-0.25, -0.2) is 0 Å². The second-order valence-electron chi connectivity index (χ2n) is 11.5. The van der Waals surface area contributed by atoms with Crippen LogP contribution in [0, 0.1) is 5.41 Å². The topological polar surface area (TPSA) is 0 Å². The molecule has 1 atom stereocenters. The maximum absolute atomic E-state index is 2.78. The molecule has 0 N–H and O–H groups in total. The van der Waals surface area contributed by atoms with Crippen molar-refractivity contribution in [3.63, 3.8) is 0 Å². The normalized spacial score (nSPS) is 27.6. The van der Waals surface area contributed by atoms with E-state index in [0.29, 0.717) is 5.41 Å². The second kappa shape index (κ2) is 5.94. The van der Waals surface area contributed by atoms with E-state index in [1.165, 1.54) is 18.4 Å². The Labute approximate surface area is 177 Å². The van der Waals surface area contributed by atoms with Crippen LogP contribution in [-0.4, -0.2) is 0 Å². The predicted octanol–water partition coefficient (Wildman–Crippen LogP) is 8.17. The van der Waals surface area contributed by atoms with Crippen LogP contribution < -0.4 is 0 Å².